The number of thiazole rings is 1. The third kappa shape index (κ3) is 2.49. The molecule has 0 saturated heterocycles. The summed E-state index contributed by atoms with van der Waals surface area (Å²) in [4.78, 5) is 25.1. The van der Waals surface area contributed by atoms with Crippen LogP contribution in [0.4, 0.5) is 5.13 Å². The van der Waals surface area contributed by atoms with Gasteiger partial charge in [0.2, 0.25) is 5.91 Å². The summed E-state index contributed by atoms with van der Waals surface area (Å²) in [5.74, 6) is -0.960. The SMILES string of the molecule is CC(=O)Nc1nc(C(=O)NO)cs1. The van der Waals surface area contributed by atoms with Crippen LogP contribution in [0.25, 0.3) is 0 Å². The van der Waals surface area contributed by atoms with Gasteiger partial charge in [-0.2, -0.15) is 0 Å². The van der Waals surface area contributed by atoms with Gasteiger partial charge in [-0.05, 0) is 0 Å². The lowest BCUT2D eigenvalue weighted by atomic mass is 10.5. The van der Waals surface area contributed by atoms with Gasteiger partial charge in [0, 0.05) is 12.3 Å². The van der Waals surface area contributed by atoms with Gasteiger partial charge >= 0.3 is 0 Å². The first kappa shape index (κ1) is 9.62. The molecule has 1 heterocycles. The molecular formula is C6H7N3O3S. The van der Waals surface area contributed by atoms with E-state index in [-0.39, 0.29) is 11.6 Å². The van der Waals surface area contributed by atoms with Crippen molar-refractivity contribution in [1.82, 2.24) is 10.5 Å². The van der Waals surface area contributed by atoms with Crippen LogP contribution in [0.3, 0.4) is 0 Å². The summed E-state index contributed by atoms with van der Waals surface area (Å²) < 4.78 is 0. The minimum atomic E-state index is -0.701. The quantitative estimate of drug-likeness (QED) is 0.471. The van der Waals surface area contributed by atoms with Crippen LogP contribution in [0.5, 0.6) is 0 Å². The molecule has 13 heavy (non-hydrogen) atoms. The molecule has 0 aliphatic heterocycles. The number of anilines is 1. The molecule has 0 atom stereocenters. The Labute approximate surface area is 77.6 Å². The third-order valence-electron chi connectivity index (χ3n) is 1.12. The molecule has 0 unspecified atom stereocenters. The van der Waals surface area contributed by atoms with E-state index in [0.29, 0.717) is 5.13 Å². The Morgan fingerprint density at radius 2 is 2.31 bits per heavy atom. The Hall–Kier alpha value is -1.47. The van der Waals surface area contributed by atoms with Crippen molar-refractivity contribution in [1.29, 1.82) is 0 Å². The van der Waals surface area contributed by atoms with Gasteiger partial charge < -0.3 is 5.32 Å². The maximum absolute atomic E-state index is 10.8. The van der Waals surface area contributed by atoms with Gasteiger partial charge in [0.25, 0.3) is 5.91 Å². The maximum atomic E-state index is 10.8. The maximum Gasteiger partial charge on any atom is 0.294 e. The Morgan fingerprint density at radius 1 is 1.62 bits per heavy atom. The summed E-state index contributed by atoms with van der Waals surface area (Å²) in [6, 6.07) is 0. The Bertz CT molecular complexity index is 336. The fourth-order valence-corrected chi connectivity index (χ4v) is 1.38. The highest BCUT2D eigenvalue weighted by Gasteiger charge is 2.09. The summed E-state index contributed by atoms with van der Waals surface area (Å²) in [7, 11) is 0. The number of rotatable bonds is 2. The minimum Gasteiger partial charge on any atom is -0.302 e. The zero-order chi connectivity index (χ0) is 9.84. The van der Waals surface area contributed by atoms with Crippen LogP contribution < -0.4 is 10.8 Å². The molecule has 0 aliphatic rings. The molecule has 3 N–H and O–H groups in total. The van der Waals surface area contributed by atoms with Crippen molar-refractivity contribution in [3.63, 3.8) is 0 Å². The predicted octanol–water partition coefficient (Wildman–Crippen LogP) is 0.220. The van der Waals surface area contributed by atoms with Crippen molar-refractivity contribution >= 4 is 28.3 Å². The summed E-state index contributed by atoms with van der Waals surface area (Å²) >= 11 is 1.11. The van der Waals surface area contributed by atoms with Gasteiger partial charge in [0.15, 0.2) is 5.13 Å². The smallest absolute Gasteiger partial charge is 0.294 e. The van der Waals surface area contributed by atoms with E-state index in [9.17, 15) is 9.59 Å². The summed E-state index contributed by atoms with van der Waals surface area (Å²) in [5, 5.41) is 12.4. The van der Waals surface area contributed by atoms with Gasteiger partial charge in [-0.3, -0.25) is 14.8 Å². The number of amides is 2. The number of hydrogen-bond acceptors (Lipinski definition) is 5. The highest BCUT2D eigenvalue weighted by Crippen LogP contribution is 2.14. The number of hydrogen-bond donors (Lipinski definition) is 3. The van der Waals surface area contributed by atoms with Crippen LogP contribution in [0.2, 0.25) is 0 Å². The van der Waals surface area contributed by atoms with Crippen molar-refractivity contribution in [3.05, 3.63) is 11.1 Å². The van der Waals surface area contributed by atoms with Gasteiger partial charge in [-0.1, -0.05) is 0 Å². The Balaban J connectivity index is 2.74. The van der Waals surface area contributed by atoms with E-state index >= 15 is 0 Å². The lowest BCUT2D eigenvalue weighted by Crippen LogP contribution is -2.19. The highest BCUT2D eigenvalue weighted by molar-refractivity contribution is 7.14. The molecule has 2 amide bonds. The Morgan fingerprint density at radius 3 is 2.85 bits per heavy atom. The topological polar surface area (TPSA) is 91.3 Å². The average molecular weight is 201 g/mol. The van der Waals surface area contributed by atoms with Crippen molar-refractivity contribution in [3.8, 4) is 0 Å². The van der Waals surface area contributed by atoms with E-state index in [4.69, 9.17) is 5.21 Å². The average Bonchev–Trinajstić information content (AvgIpc) is 2.50. The van der Waals surface area contributed by atoms with Gasteiger partial charge in [0.05, 0.1) is 0 Å². The summed E-state index contributed by atoms with van der Waals surface area (Å²) in [5.41, 5.74) is 1.51. The minimum absolute atomic E-state index is 0.0660. The summed E-state index contributed by atoms with van der Waals surface area (Å²) in [6.45, 7) is 1.34. The second-order valence-electron chi connectivity index (χ2n) is 2.16. The van der Waals surface area contributed by atoms with E-state index in [0.717, 1.165) is 11.3 Å². The van der Waals surface area contributed by atoms with Gasteiger partial charge in [-0.25, -0.2) is 10.5 Å². The molecule has 6 nitrogen and oxygen atoms in total. The normalized spacial score (nSPS) is 9.38. The molecule has 0 aromatic carbocycles. The van der Waals surface area contributed by atoms with Gasteiger partial charge in [0.1, 0.15) is 5.69 Å². The zero-order valence-corrected chi connectivity index (χ0v) is 7.51. The van der Waals surface area contributed by atoms with Crippen LogP contribution in [0, 0.1) is 0 Å². The molecule has 0 bridgehead atoms. The third-order valence-corrected chi connectivity index (χ3v) is 1.88. The number of aromatic nitrogens is 1. The van der Waals surface area contributed by atoms with Crippen molar-refractivity contribution in [2.45, 2.75) is 6.92 Å². The number of hydroxylamine groups is 1. The van der Waals surface area contributed by atoms with E-state index in [1.807, 2.05) is 0 Å². The predicted molar refractivity (Wildman–Crippen MR) is 45.7 cm³/mol. The van der Waals surface area contributed by atoms with E-state index in [1.54, 1.807) is 0 Å². The molecule has 1 rings (SSSR count). The molecule has 70 valence electrons. The highest BCUT2D eigenvalue weighted by atomic mass is 32.1. The second kappa shape index (κ2) is 3.97. The fraction of sp³-hybridized carbons (Fsp3) is 0.167. The van der Waals surface area contributed by atoms with Crippen LogP contribution >= 0.6 is 11.3 Å². The van der Waals surface area contributed by atoms with E-state index < -0.39 is 5.91 Å². The first-order valence-electron chi connectivity index (χ1n) is 3.31. The lowest BCUT2D eigenvalue weighted by Gasteiger charge is -1.93. The number of nitrogens with one attached hydrogen (secondary N) is 2. The van der Waals surface area contributed by atoms with Gasteiger partial charge in [-0.15, -0.1) is 11.3 Å². The Kier molecular flexibility index (Phi) is 2.93. The van der Waals surface area contributed by atoms with E-state index in [2.05, 4.69) is 10.3 Å². The van der Waals surface area contributed by atoms with Crippen molar-refractivity contribution < 1.29 is 14.8 Å². The molecule has 0 fully saturated rings. The number of nitrogens with zero attached hydrogens (tertiary/aromatic N) is 1. The molecule has 0 radical (unpaired) electrons. The summed E-state index contributed by atoms with van der Waals surface area (Å²) in [6.07, 6.45) is 0. The molecule has 0 aliphatic carbocycles. The monoisotopic (exact) mass is 201 g/mol. The lowest BCUT2D eigenvalue weighted by molar-refractivity contribution is -0.114. The van der Waals surface area contributed by atoms with Crippen LogP contribution in [0.1, 0.15) is 17.4 Å². The molecular weight excluding hydrogens is 194 g/mol. The van der Waals surface area contributed by atoms with E-state index in [1.165, 1.54) is 17.8 Å². The van der Waals surface area contributed by atoms with Crippen molar-refractivity contribution in [2.75, 3.05) is 5.32 Å². The zero-order valence-electron chi connectivity index (χ0n) is 6.70. The number of carbonyl (C=O) groups is 2. The standard InChI is InChI=1S/C6H7N3O3S/c1-3(10)7-6-8-4(2-13-6)5(11)9-12/h2,12H,1H3,(H,9,11)(H,7,8,10). The van der Waals surface area contributed by atoms with Crippen LogP contribution in [-0.2, 0) is 4.79 Å². The van der Waals surface area contributed by atoms with Crippen LogP contribution in [-0.4, -0.2) is 22.0 Å². The molecule has 0 spiro atoms. The fourth-order valence-electron chi connectivity index (χ4n) is 0.643. The first-order valence-corrected chi connectivity index (χ1v) is 4.19. The van der Waals surface area contributed by atoms with Crippen LogP contribution in [0.15, 0.2) is 5.38 Å². The molecule has 1 aromatic rings. The largest absolute Gasteiger partial charge is 0.302 e. The molecule has 0 saturated carbocycles. The second-order valence-corrected chi connectivity index (χ2v) is 3.02. The van der Waals surface area contributed by atoms with Crippen molar-refractivity contribution in [2.24, 2.45) is 0 Å². The number of carbonyl (C=O) groups excluding carboxylic acids is 2. The molecule has 7 heteroatoms. The first-order chi connectivity index (χ1) is 6.13. The molecule has 1 aromatic heterocycles.